The molecule has 0 saturated carbocycles. The van der Waals surface area contributed by atoms with Gasteiger partial charge in [-0.2, -0.15) is 0 Å². The molecule has 0 bridgehead atoms. The molecular weight excluding hydrogens is 263 g/mol. The molecule has 1 heterocycles. The standard InChI is InChI=1S/C14H15FN2OS/c1-2-9-6-7-19-12(9)8-17-14(18)10-4-3-5-11(15)13(10)16/h3-7H,2,8,16H2,1H3,(H,17,18). The lowest BCUT2D eigenvalue weighted by Crippen LogP contribution is -2.24. The van der Waals surface area contributed by atoms with Crippen LogP contribution in [0.4, 0.5) is 10.1 Å². The van der Waals surface area contributed by atoms with Gasteiger partial charge in [-0.05, 0) is 35.6 Å². The molecule has 2 rings (SSSR count). The highest BCUT2D eigenvalue weighted by molar-refractivity contribution is 7.10. The molecule has 0 radical (unpaired) electrons. The molecule has 2 aromatic rings. The second kappa shape index (κ2) is 5.84. The Hall–Kier alpha value is -1.88. The highest BCUT2D eigenvalue weighted by Gasteiger charge is 2.13. The van der Waals surface area contributed by atoms with Gasteiger partial charge < -0.3 is 11.1 Å². The summed E-state index contributed by atoms with van der Waals surface area (Å²) in [6.45, 7) is 2.51. The number of hydrogen-bond donors (Lipinski definition) is 2. The molecule has 1 aromatic carbocycles. The Balaban J connectivity index is 2.08. The van der Waals surface area contributed by atoms with Gasteiger partial charge in [0.25, 0.3) is 5.91 Å². The second-order valence-electron chi connectivity index (χ2n) is 4.11. The van der Waals surface area contributed by atoms with Crippen LogP contribution in [-0.2, 0) is 13.0 Å². The predicted octanol–water partition coefficient (Wildman–Crippen LogP) is 2.96. The number of halogens is 1. The first-order chi connectivity index (χ1) is 9.13. The fraction of sp³-hybridized carbons (Fsp3) is 0.214. The molecule has 0 saturated heterocycles. The van der Waals surface area contributed by atoms with Gasteiger partial charge in [0.2, 0.25) is 0 Å². The van der Waals surface area contributed by atoms with Crippen LogP contribution in [0.25, 0.3) is 0 Å². The van der Waals surface area contributed by atoms with Crippen molar-refractivity contribution < 1.29 is 9.18 Å². The predicted molar refractivity (Wildman–Crippen MR) is 75.7 cm³/mol. The molecule has 19 heavy (non-hydrogen) atoms. The average Bonchev–Trinajstić information content (AvgIpc) is 2.86. The van der Waals surface area contributed by atoms with Gasteiger partial charge in [-0.25, -0.2) is 4.39 Å². The number of amides is 1. The maximum absolute atomic E-state index is 13.3. The third-order valence-corrected chi connectivity index (χ3v) is 3.89. The van der Waals surface area contributed by atoms with Gasteiger partial charge in [0, 0.05) is 4.88 Å². The highest BCUT2D eigenvalue weighted by Crippen LogP contribution is 2.18. The number of para-hydroxylation sites is 1. The van der Waals surface area contributed by atoms with E-state index < -0.39 is 5.82 Å². The van der Waals surface area contributed by atoms with Gasteiger partial charge in [0.15, 0.2) is 0 Å². The van der Waals surface area contributed by atoms with Gasteiger partial charge in [-0.3, -0.25) is 4.79 Å². The van der Waals surface area contributed by atoms with Gasteiger partial charge in [-0.1, -0.05) is 13.0 Å². The molecule has 3 N–H and O–H groups in total. The zero-order valence-corrected chi connectivity index (χ0v) is 11.4. The number of nitrogens with two attached hydrogens (primary N) is 1. The van der Waals surface area contributed by atoms with Crippen LogP contribution < -0.4 is 11.1 Å². The number of aryl methyl sites for hydroxylation is 1. The third-order valence-electron chi connectivity index (χ3n) is 2.93. The van der Waals surface area contributed by atoms with Crippen molar-refractivity contribution in [2.75, 3.05) is 5.73 Å². The number of carbonyl (C=O) groups is 1. The van der Waals surface area contributed by atoms with Crippen molar-refractivity contribution in [1.82, 2.24) is 5.32 Å². The quantitative estimate of drug-likeness (QED) is 0.845. The Morgan fingerprint density at radius 3 is 2.95 bits per heavy atom. The first-order valence-corrected chi connectivity index (χ1v) is 6.89. The van der Waals surface area contributed by atoms with E-state index in [0.717, 1.165) is 11.3 Å². The molecule has 100 valence electrons. The minimum atomic E-state index is -0.571. The molecule has 0 aliphatic rings. The molecule has 5 heteroatoms. The van der Waals surface area contributed by atoms with Crippen LogP contribution in [0.15, 0.2) is 29.6 Å². The number of nitrogen functional groups attached to an aromatic ring is 1. The van der Waals surface area contributed by atoms with E-state index in [1.807, 2.05) is 11.4 Å². The van der Waals surface area contributed by atoms with E-state index in [0.29, 0.717) is 6.54 Å². The summed E-state index contributed by atoms with van der Waals surface area (Å²) in [5.74, 6) is -0.925. The van der Waals surface area contributed by atoms with E-state index in [1.54, 1.807) is 11.3 Å². The third kappa shape index (κ3) is 2.93. The summed E-state index contributed by atoms with van der Waals surface area (Å²) >= 11 is 1.60. The number of hydrogen-bond acceptors (Lipinski definition) is 3. The smallest absolute Gasteiger partial charge is 0.253 e. The van der Waals surface area contributed by atoms with Crippen LogP contribution in [0.3, 0.4) is 0 Å². The number of carbonyl (C=O) groups excluding carboxylic acids is 1. The monoisotopic (exact) mass is 278 g/mol. The van der Waals surface area contributed by atoms with Gasteiger partial charge in [-0.15, -0.1) is 11.3 Å². The SMILES string of the molecule is CCc1ccsc1CNC(=O)c1cccc(F)c1N. The number of rotatable bonds is 4. The van der Waals surface area contributed by atoms with E-state index >= 15 is 0 Å². The number of thiophene rings is 1. The number of anilines is 1. The second-order valence-corrected chi connectivity index (χ2v) is 5.11. The van der Waals surface area contributed by atoms with Crippen molar-refractivity contribution in [2.45, 2.75) is 19.9 Å². The summed E-state index contributed by atoms with van der Waals surface area (Å²) in [5.41, 5.74) is 6.84. The van der Waals surface area contributed by atoms with Crippen LogP contribution in [0, 0.1) is 5.82 Å². The Kier molecular flexibility index (Phi) is 4.16. The molecule has 3 nitrogen and oxygen atoms in total. The molecular formula is C14H15FN2OS. The summed E-state index contributed by atoms with van der Waals surface area (Å²) in [7, 11) is 0. The lowest BCUT2D eigenvalue weighted by Gasteiger charge is -2.08. The van der Waals surface area contributed by atoms with Crippen molar-refractivity contribution in [2.24, 2.45) is 0 Å². The molecule has 1 aromatic heterocycles. The van der Waals surface area contributed by atoms with Gasteiger partial charge in [0.1, 0.15) is 5.82 Å². The Bertz CT molecular complexity index is 595. The normalized spacial score (nSPS) is 10.4. The maximum Gasteiger partial charge on any atom is 0.253 e. The van der Waals surface area contributed by atoms with Gasteiger partial charge in [0.05, 0.1) is 17.8 Å². The van der Waals surface area contributed by atoms with E-state index in [1.165, 1.54) is 23.8 Å². The number of benzene rings is 1. The topological polar surface area (TPSA) is 55.1 Å². The van der Waals surface area contributed by atoms with E-state index in [-0.39, 0.29) is 17.2 Å². The average molecular weight is 278 g/mol. The van der Waals surface area contributed by atoms with Crippen molar-refractivity contribution in [3.63, 3.8) is 0 Å². The Labute approximate surface area is 115 Å². The molecule has 0 fully saturated rings. The van der Waals surface area contributed by atoms with Crippen LogP contribution in [0.5, 0.6) is 0 Å². The summed E-state index contributed by atoms with van der Waals surface area (Å²) in [6, 6.07) is 6.27. The fourth-order valence-electron chi connectivity index (χ4n) is 1.83. The summed E-state index contributed by atoms with van der Waals surface area (Å²) < 4.78 is 13.3. The zero-order valence-electron chi connectivity index (χ0n) is 10.6. The minimum absolute atomic E-state index is 0.109. The Morgan fingerprint density at radius 1 is 1.42 bits per heavy atom. The van der Waals surface area contributed by atoms with Crippen LogP contribution >= 0.6 is 11.3 Å². The molecule has 0 spiro atoms. The molecule has 0 aliphatic carbocycles. The highest BCUT2D eigenvalue weighted by atomic mass is 32.1. The Morgan fingerprint density at radius 2 is 2.21 bits per heavy atom. The minimum Gasteiger partial charge on any atom is -0.396 e. The van der Waals surface area contributed by atoms with E-state index in [4.69, 9.17) is 5.73 Å². The van der Waals surface area contributed by atoms with Crippen LogP contribution in [-0.4, -0.2) is 5.91 Å². The molecule has 0 atom stereocenters. The van der Waals surface area contributed by atoms with Gasteiger partial charge >= 0.3 is 0 Å². The van der Waals surface area contributed by atoms with Crippen LogP contribution in [0.2, 0.25) is 0 Å². The summed E-state index contributed by atoms with van der Waals surface area (Å²) in [6.07, 6.45) is 0.927. The molecule has 1 amide bonds. The van der Waals surface area contributed by atoms with E-state index in [2.05, 4.69) is 12.2 Å². The van der Waals surface area contributed by atoms with Crippen LogP contribution in [0.1, 0.15) is 27.7 Å². The number of nitrogens with one attached hydrogen (secondary N) is 1. The van der Waals surface area contributed by atoms with Crippen molar-refractivity contribution in [1.29, 1.82) is 0 Å². The summed E-state index contributed by atoms with van der Waals surface area (Å²) in [4.78, 5) is 13.1. The van der Waals surface area contributed by atoms with Crippen molar-refractivity contribution >= 4 is 22.9 Å². The first-order valence-electron chi connectivity index (χ1n) is 6.01. The lowest BCUT2D eigenvalue weighted by molar-refractivity contribution is 0.0952. The molecule has 0 unspecified atom stereocenters. The lowest BCUT2D eigenvalue weighted by atomic mass is 10.1. The van der Waals surface area contributed by atoms with E-state index in [9.17, 15) is 9.18 Å². The first kappa shape index (κ1) is 13.5. The largest absolute Gasteiger partial charge is 0.396 e. The maximum atomic E-state index is 13.3. The zero-order chi connectivity index (χ0) is 13.8. The summed E-state index contributed by atoms with van der Waals surface area (Å²) in [5, 5.41) is 4.77. The van der Waals surface area contributed by atoms with Crippen molar-refractivity contribution in [3.8, 4) is 0 Å². The molecule has 0 aliphatic heterocycles. The van der Waals surface area contributed by atoms with Crippen molar-refractivity contribution in [3.05, 3.63) is 51.5 Å². The fourth-order valence-corrected chi connectivity index (χ4v) is 2.74.